The van der Waals surface area contributed by atoms with Gasteiger partial charge in [-0.2, -0.15) is 0 Å². The predicted octanol–water partition coefficient (Wildman–Crippen LogP) is 0.479. The van der Waals surface area contributed by atoms with Crippen molar-refractivity contribution in [1.29, 1.82) is 0 Å². The molecule has 0 saturated carbocycles. The quantitative estimate of drug-likeness (QED) is 0.736. The first kappa shape index (κ1) is 21.2. The highest BCUT2D eigenvalue weighted by Gasteiger charge is 2.32. The molecule has 164 valence electrons. The van der Waals surface area contributed by atoms with Gasteiger partial charge in [0.15, 0.2) is 0 Å². The van der Waals surface area contributed by atoms with E-state index in [-0.39, 0.29) is 12.1 Å². The topological polar surface area (TPSA) is 74.1 Å². The van der Waals surface area contributed by atoms with Crippen molar-refractivity contribution in [3.05, 3.63) is 34.9 Å². The maximum absolute atomic E-state index is 13.0. The van der Waals surface area contributed by atoms with Gasteiger partial charge in [-0.15, -0.1) is 0 Å². The Morgan fingerprint density at radius 1 is 1.07 bits per heavy atom. The Balaban J connectivity index is 1.42. The van der Waals surface area contributed by atoms with Crippen molar-refractivity contribution in [1.82, 2.24) is 24.3 Å². The van der Waals surface area contributed by atoms with Crippen molar-refractivity contribution in [2.75, 3.05) is 66.5 Å². The van der Waals surface area contributed by atoms with Gasteiger partial charge in [0.1, 0.15) is 12.4 Å². The Hall–Kier alpha value is -2.00. The van der Waals surface area contributed by atoms with Crippen LogP contribution in [0.5, 0.6) is 5.75 Å². The summed E-state index contributed by atoms with van der Waals surface area (Å²) in [4.78, 5) is 24.4. The monoisotopic (exact) mass is 415 g/mol. The second kappa shape index (κ2) is 9.01. The van der Waals surface area contributed by atoms with E-state index in [1.54, 1.807) is 17.0 Å². The summed E-state index contributed by atoms with van der Waals surface area (Å²) in [7, 11) is 4.20. The lowest BCUT2D eigenvalue weighted by Gasteiger charge is -2.36. The number of aromatic nitrogens is 2. The van der Waals surface area contributed by atoms with Crippen LogP contribution in [0.3, 0.4) is 0 Å². The molecule has 0 spiro atoms. The molecular weight excluding hydrogens is 382 g/mol. The average Bonchev–Trinajstić information content (AvgIpc) is 2.74. The summed E-state index contributed by atoms with van der Waals surface area (Å²) in [6, 6.07) is 5.48. The molecule has 8 heteroatoms. The Morgan fingerprint density at radius 2 is 1.77 bits per heavy atom. The number of likely N-dealkylation sites (N-methyl/N-ethyl adjacent to an activating group) is 1. The number of benzene rings is 1. The van der Waals surface area contributed by atoms with Gasteiger partial charge in [-0.05, 0) is 45.1 Å². The average molecular weight is 416 g/mol. The number of piperidine rings is 1. The number of likely N-dealkylation sites (tertiary alicyclic amines) is 1. The summed E-state index contributed by atoms with van der Waals surface area (Å²) in [6.07, 6.45) is 2.86. The van der Waals surface area contributed by atoms with Crippen LogP contribution < -0.4 is 10.3 Å². The fraction of sp³-hybridized carbons (Fsp3) is 0.636. The molecule has 2 aromatic rings. The molecule has 0 amide bonds. The summed E-state index contributed by atoms with van der Waals surface area (Å²) in [5, 5.41) is 11.4. The van der Waals surface area contributed by atoms with Crippen LogP contribution in [-0.4, -0.2) is 101 Å². The maximum Gasteiger partial charge on any atom is 0.261 e. The number of aliphatic hydroxyl groups is 1. The van der Waals surface area contributed by atoms with Crippen molar-refractivity contribution in [2.45, 2.75) is 25.0 Å². The summed E-state index contributed by atoms with van der Waals surface area (Å²) in [6.45, 7) is 7.71. The van der Waals surface area contributed by atoms with E-state index in [2.05, 4.69) is 33.8 Å². The molecule has 3 heterocycles. The molecular formula is C22H33N5O3. The lowest BCUT2D eigenvalue weighted by atomic mass is 9.91. The standard InChI is InChI=1S/C22H33N5O3/c1-24-7-5-22(29,6-8-24)16-27-17-23-20-4-3-18(15-19(20)21(27)28)30-14-13-26-11-9-25(2)10-12-26/h3-4,15,17,29H,5-14,16H2,1-2H3. The van der Waals surface area contributed by atoms with E-state index >= 15 is 0 Å². The van der Waals surface area contributed by atoms with Crippen LogP contribution in [0, 0.1) is 0 Å². The number of hydrogen-bond acceptors (Lipinski definition) is 7. The van der Waals surface area contributed by atoms with E-state index in [0.717, 1.165) is 45.8 Å². The molecule has 1 N–H and O–H groups in total. The molecule has 0 atom stereocenters. The minimum atomic E-state index is -0.859. The second-order valence-electron chi connectivity index (χ2n) is 8.88. The molecule has 2 fully saturated rings. The van der Waals surface area contributed by atoms with Gasteiger partial charge in [-0.25, -0.2) is 4.98 Å². The lowest BCUT2D eigenvalue weighted by molar-refractivity contribution is -0.0298. The zero-order valence-corrected chi connectivity index (χ0v) is 18.1. The van der Waals surface area contributed by atoms with Gasteiger partial charge in [0.05, 0.1) is 29.4 Å². The third-order valence-electron chi connectivity index (χ3n) is 6.45. The summed E-state index contributed by atoms with van der Waals surface area (Å²) in [5.74, 6) is 0.686. The van der Waals surface area contributed by atoms with Crippen LogP contribution in [0.15, 0.2) is 29.3 Å². The lowest BCUT2D eigenvalue weighted by Crippen LogP contribution is -2.47. The molecule has 1 aromatic heterocycles. The normalized spacial score (nSPS) is 21.2. The van der Waals surface area contributed by atoms with Gasteiger partial charge in [0, 0.05) is 45.8 Å². The first-order chi connectivity index (χ1) is 14.4. The molecule has 0 radical (unpaired) electrons. The van der Waals surface area contributed by atoms with E-state index in [9.17, 15) is 9.90 Å². The zero-order chi connectivity index (χ0) is 21.1. The molecule has 2 aliphatic rings. The number of fused-ring (bicyclic) bond motifs is 1. The number of piperazine rings is 1. The van der Waals surface area contributed by atoms with Crippen LogP contribution in [0.1, 0.15) is 12.8 Å². The van der Waals surface area contributed by atoms with E-state index in [0.29, 0.717) is 36.1 Å². The molecule has 2 aliphatic heterocycles. The molecule has 8 nitrogen and oxygen atoms in total. The van der Waals surface area contributed by atoms with E-state index in [4.69, 9.17) is 4.74 Å². The van der Waals surface area contributed by atoms with Gasteiger partial charge >= 0.3 is 0 Å². The first-order valence-corrected chi connectivity index (χ1v) is 10.9. The smallest absolute Gasteiger partial charge is 0.261 e. The van der Waals surface area contributed by atoms with Crippen LogP contribution >= 0.6 is 0 Å². The fourth-order valence-electron chi connectivity index (χ4n) is 4.21. The fourth-order valence-corrected chi connectivity index (χ4v) is 4.21. The third-order valence-corrected chi connectivity index (χ3v) is 6.45. The van der Waals surface area contributed by atoms with Gasteiger partial charge in [0.2, 0.25) is 0 Å². The maximum atomic E-state index is 13.0. The van der Waals surface area contributed by atoms with Crippen molar-refractivity contribution in [2.24, 2.45) is 0 Å². The molecule has 30 heavy (non-hydrogen) atoms. The molecule has 0 bridgehead atoms. The van der Waals surface area contributed by atoms with Gasteiger partial charge in [-0.1, -0.05) is 0 Å². The predicted molar refractivity (Wildman–Crippen MR) is 117 cm³/mol. The van der Waals surface area contributed by atoms with Crippen LogP contribution in [0.2, 0.25) is 0 Å². The van der Waals surface area contributed by atoms with E-state index in [1.807, 2.05) is 12.1 Å². The number of hydrogen-bond donors (Lipinski definition) is 1. The Labute approximate surface area is 177 Å². The molecule has 2 saturated heterocycles. The molecule has 4 rings (SSSR count). The minimum Gasteiger partial charge on any atom is -0.492 e. The number of ether oxygens (including phenoxy) is 1. The van der Waals surface area contributed by atoms with Gasteiger partial charge in [0.25, 0.3) is 5.56 Å². The summed E-state index contributed by atoms with van der Waals surface area (Å²) < 4.78 is 7.48. The Bertz CT molecular complexity index is 915. The van der Waals surface area contributed by atoms with Crippen molar-refractivity contribution < 1.29 is 9.84 Å². The summed E-state index contributed by atoms with van der Waals surface area (Å²) in [5.41, 5.74) is -0.336. The minimum absolute atomic E-state index is 0.128. The third kappa shape index (κ3) is 5.00. The number of nitrogens with zero attached hydrogens (tertiary/aromatic N) is 5. The zero-order valence-electron chi connectivity index (χ0n) is 18.1. The Kier molecular flexibility index (Phi) is 6.38. The Morgan fingerprint density at radius 3 is 2.50 bits per heavy atom. The molecule has 0 aliphatic carbocycles. The summed E-state index contributed by atoms with van der Waals surface area (Å²) >= 11 is 0. The highest BCUT2D eigenvalue weighted by molar-refractivity contribution is 5.78. The second-order valence-corrected chi connectivity index (χ2v) is 8.88. The van der Waals surface area contributed by atoms with Crippen LogP contribution in [-0.2, 0) is 6.54 Å². The van der Waals surface area contributed by atoms with Gasteiger partial charge in [-0.3, -0.25) is 14.3 Å². The van der Waals surface area contributed by atoms with Crippen LogP contribution in [0.25, 0.3) is 10.9 Å². The van der Waals surface area contributed by atoms with Crippen molar-refractivity contribution in [3.63, 3.8) is 0 Å². The highest BCUT2D eigenvalue weighted by atomic mass is 16.5. The van der Waals surface area contributed by atoms with Crippen molar-refractivity contribution >= 4 is 10.9 Å². The van der Waals surface area contributed by atoms with Gasteiger partial charge < -0.3 is 19.6 Å². The number of rotatable bonds is 6. The molecule has 0 unspecified atom stereocenters. The van der Waals surface area contributed by atoms with Crippen molar-refractivity contribution in [3.8, 4) is 5.75 Å². The SMILES string of the molecule is CN1CCN(CCOc2ccc3ncn(CC4(O)CCN(C)CC4)c(=O)c3c2)CC1. The largest absolute Gasteiger partial charge is 0.492 e. The highest BCUT2D eigenvalue weighted by Crippen LogP contribution is 2.23. The van der Waals surface area contributed by atoms with E-state index < -0.39 is 5.60 Å². The molecule has 1 aromatic carbocycles. The first-order valence-electron chi connectivity index (χ1n) is 10.9. The van der Waals surface area contributed by atoms with Crippen LogP contribution in [0.4, 0.5) is 0 Å². The van der Waals surface area contributed by atoms with E-state index in [1.165, 1.54) is 0 Å².